The first-order chi connectivity index (χ1) is 21.5. The van der Waals surface area contributed by atoms with E-state index in [4.69, 9.17) is 25.9 Å². The fraction of sp³-hybridized carbons (Fsp3) is 0.406. The molecule has 44 heavy (non-hydrogen) atoms. The van der Waals surface area contributed by atoms with Gasteiger partial charge < -0.3 is 25.0 Å². The van der Waals surface area contributed by atoms with Crippen LogP contribution in [0.1, 0.15) is 24.8 Å². The molecule has 12 heteroatoms. The molecule has 2 saturated heterocycles. The number of nitrogens with one attached hydrogen (secondary N) is 2. The number of aromatic nitrogens is 2. The Bertz CT molecular complexity index is 1510. The average Bonchev–Trinajstić information content (AvgIpc) is 3.79. The Morgan fingerprint density at radius 2 is 1.91 bits per heavy atom. The lowest BCUT2D eigenvalue weighted by molar-refractivity contribution is -0.111. The molecule has 232 valence electrons. The second-order valence-electron chi connectivity index (χ2n) is 11.1. The summed E-state index contributed by atoms with van der Waals surface area (Å²) in [6.07, 6.45) is 6.85. The normalized spacial score (nSPS) is 18.7. The Morgan fingerprint density at radius 1 is 1.09 bits per heavy atom. The van der Waals surface area contributed by atoms with Gasteiger partial charge in [0.2, 0.25) is 5.91 Å². The van der Waals surface area contributed by atoms with Crippen LogP contribution in [-0.2, 0) is 16.1 Å². The summed E-state index contributed by atoms with van der Waals surface area (Å²) >= 11 is 6.37. The Morgan fingerprint density at radius 3 is 2.64 bits per heavy atom. The molecule has 1 amide bonds. The number of rotatable bonds is 11. The molecule has 11 nitrogen and oxygen atoms in total. The second kappa shape index (κ2) is 13.3. The molecule has 2 aliphatic heterocycles. The summed E-state index contributed by atoms with van der Waals surface area (Å²) in [6, 6.07) is 12.2. The van der Waals surface area contributed by atoms with Crippen LogP contribution < -0.4 is 30.1 Å². The maximum atomic E-state index is 12.4. The van der Waals surface area contributed by atoms with Gasteiger partial charge in [-0.05, 0) is 49.5 Å². The largest absolute Gasteiger partial charge is 0.495 e. The van der Waals surface area contributed by atoms with Crippen molar-refractivity contribution in [3.05, 3.63) is 66.0 Å². The summed E-state index contributed by atoms with van der Waals surface area (Å²) in [5.74, 6) is 2.19. The van der Waals surface area contributed by atoms with Crippen LogP contribution in [0.3, 0.4) is 0 Å². The molecular formula is C32H38ClN7O4. The Hall–Kier alpha value is -4.06. The van der Waals surface area contributed by atoms with E-state index in [-0.39, 0.29) is 11.9 Å². The third-order valence-electron chi connectivity index (χ3n) is 8.34. The Kier molecular flexibility index (Phi) is 9.06. The lowest BCUT2D eigenvalue weighted by Crippen LogP contribution is -2.47. The van der Waals surface area contributed by atoms with Crippen LogP contribution >= 0.6 is 11.6 Å². The topological polar surface area (TPSA) is 104 Å². The molecule has 2 N–H and O–H groups in total. The molecule has 0 bridgehead atoms. The fourth-order valence-corrected chi connectivity index (χ4v) is 6.24. The van der Waals surface area contributed by atoms with Gasteiger partial charge in [0.1, 0.15) is 23.6 Å². The highest BCUT2D eigenvalue weighted by Crippen LogP contribution is 2.40. The van der Waals surface area contributed by atoms with Gasteiger partial charge in [0, 0.05) is 44.4 Å². The van der Waals surface area contributed by atoms with Crippen LogP contribution in [0.25, 0.3) is 0 Å². The van der Waals surface area contributed by atoms with Crippen LogP contribution in [-0.4, -0.2) is 79.9 Å². The number of piperazine rings is 1. The van der Waals surface area contributed by atoms with Gasteiger partial charge in [0.25, 0.3) is 0 Å². The van der Waals surface area contributed by atoms with Crippen LogP contribution in [0, 0.1) is 0 Å². The molecule has 1 aliphatic carbocycles. The summed E-state index contributed by atoms with van der Waals surface area (Å²) in [5, 5.41) is 8.76. The minimum Gasteiger partial charge on any atom is -0.495 e. The van der Waals surface area contributed by atoms with E-state index in [9.17, 15) is 4.79 Å². The monoisotopic (exact) mass is 619 g/mol. The van der Waals surface area contributed by atoms with E-state index in [1.807, 2.05) is 41.5 Å². The highest BCUT2D eigenvalue weighted by molar-refractivity contribution is 6.32. The van der Waals surface area contributed by atoms with Crippen molar-refractivity contribution >= 4 is 46.2 Å². The van der Waals surface area contributed by atoms with Crippen LogP contribution in [0.4, 0.5) is 28.7 Å². The Labute approximate surface area is 262 Å². The molecule has 1 aromatic heterocycles. The molecule has 0 spiro atoms. The number of carbonyl (C=O) groups is 1. The van der Waals surface area contributed by atoms with Crippen molar-refractivity contribution in [1.29, 1.82) is 0 Å². The van der Waals surface area contributed by atoms with Crippen LogP contribution in [0.5, 0.6) is 11.5 Å². The van der Waals surface area contributed by atoms with Crippen molar-refractivity contribution in [3.63, 3.8) is 0 Å². The molecule has 3 heterocycles. The van der Waals surface area contributed by atoms with E-state index in [0.29, 0.717) is 52.6 Å². The van der Waals surface area contributed by atoms with E-state index in [1.165, 1.54) is 25.2 Å². The van der Waals surface area contributed by atoms with E-state index >= 15 is 0 Å². The van der Waals surface area contributed by atoms with Crippen molar-refractivity contribution < 1.29 is 19.1 Å². The SMILES string of the molecule is C=CC(=O)Nc1cc(Nc2cc(N3OCCC3Cc3cccc(Cl)c3OC)ncn2)c(OC)cc1N1CCN(C2CC2)CC1. The number of carbonyl (C=O) groups excluding carboxylic acids is 1. The summed E-state index contributed by atoms with van der Waals surface area (Å²) in [7, 11) is 3.26. The first kappa shape index (κ1) is 30.0. The Balaban J connectivity index is 1.24. The molecule has 1 unspecified atom stereocenters. The van der Waals surface area contributed by atoms with Crippen molar-refractivity contribution in [3.8, 4) is 11.5 Å². The van der Waals surface area contributed by atoms with Gasteiger partial charge in [-0.3, -0.25) is 14.5 Å². The van der Waals surface area contributed by atoms with Gasteiger partial charge in [-0.2, -0.15) is 0 Å². The van der Waals surface area contributed by atoms with Crippen molar-refractivity contribution in [2.45, 2.75) is 37.8 Å². The maximum Gasteiger partial charge on any atom is 0.247 e. The van der Waals surface area contributed by atoms with Crippen LogP contribution in [0.15, 0.2) is 55.4 Å². The quantitative estimate of drug-likeness (QED) is 0.283. The number of hydroxylamine groups is 1. The number of hydrogen-bond donors (Lipinski definition) is 2. The summed E-state index contributed by atoms with van der Waals surface area (Å²) < 4.78 is 11.4. The number of ether oxygens (including phenoxy) is 2. The number of hydrogen-bond acceptors (Lipinski definition) is 10. The molecule has 1 saturated carbocycles. The highest BCUT2D eigenvalue weighted by atomic mass is 35.5. The van der Waals surface area contributed by atoms with Gasteiger partial charge in [0.05, 0.1) is 49.0 Å². The predicted octanol–water partition coefficient (Wildman–Crippen LogP) is 5.05. The number of methoxy groups -OCH3 is 2. The maximum absolute atomic E-state index is 12.4. The molecule has 0 radical (unpaired) electrons. The van der Waals surface area contributed by atoms with E-state index < -0.39 is 0 Å². The molecule has 3 aliphatic rings. The number of benzene rings is 2. The summed E-state index contributed by atoms with van der Waals surface area (Å²) in [6.45, 7) is 7.93. The molecule has 3 fully saturated rings. The molecule has 6 rings (SSSR count). The standard InChI is InChI=1S/C32H38ClN7O4/c1-4-31(41)37-25-17-26(28(42-2)18-27(25)39-13-11-38(12-14-39)22-8-9-22)36-29-19-30(35-20-34-29)40-23(10-15-44-40)16-21-6-5-7-24(33)32(21)43-3/h4-7,17-20,22-23H,1,8-16H2,2-3H3,(H,37,41)(H,34,35,36). The zero-order valence-electron chi connectivity index (χ0n) is 25.1. The smallest absolute Gasteiger partial charge is 0.247 e. The average molecular weight is 620 g/mol. The van der Waals surface area contributed by atoms with Crippen LogP contribution in [0.2, 0.25) is 5.02 Å². The molecule has 1 atom stereocenters. The van der Waals surface area contributed by atoms with E-state index in [2.05, 4.69) is 37.0 Å². The first-order valence-electron chi connectivity index (χ1n) is 14.9. The second-order valence-corrected chi connectivity index (χ2v) is 11.5. The lowest BCUT2D eigenvalue weighted by atomic mass is 10.0. The number of amides is 1. The zero-order valence-corrected chi connectivity index (χ0v) is 25.8. The van der Waals surface area contributed by atoms with E-state index in [0.717, 1.165) is 49.9 Å². The number of halogens is 1. The molecular weight excluding hydrogens is 582 g/mol. The number of nitrogens with zero attached hydrogens (tertiary/aromatic N) is 5. The third-order valence-corrected chi connectivity index (χ3v) is 8.64. The van der Waals surface area contributed by atoms with Crippen molar-refractivity contribution in [1.82, 2.24) is 14.9 Å². The van der Waals surface area contributed by atoms with Crippen molar-refractivity contribution in [2.24, 2.45) is 0 Å². The van der Waals surface area contributed by atoms with Gasteiger partial charge in [-0.1, -0.05) is 30.3 Å². The minimum absolute atomic E-state index is 0.0278. The molecule has 3 aromatic rings. The molecule has 2 aromatic carbocycles. The van der Waals surface area contributed by atoms with Gasteiger partial charge in [0.15, 0.2) is 5.82 Å². The van der Waals surface area contributed by atoms with E-state index in [1.54, 1.807) is 14.2 Å². The minimum atomic E-state index is -0.281. The highest BCUT2D eigenvalue weighted by Gasteiger charge is 2.32. The number of para-hydroxylation sites is 1. The van der Waals surface area contributed by atoms with Gasteiger partial charge in [-0.25, -0.2) is 15.0 Å². The van der Waals surface area contributed by atoms with Crippen molar-refractivity contribution in [2.75, 3.05) is 67.6 Å². The zero-order chi connectivity index (χ0) is 30.6. The van der Waals surface area contributed by atoms with Gasteiger partial charge in [-0.15, -0.1) is 0 Å². The number of anilines is 5. The fourth-order valence-electron chi connectivity index (χ4n) is 5.97. The summed E-state index contributed by atoms with van der Waals surface area (Å²) in [5.41, 5.74) is 3.23. The lowest BCUT2D eigenvalue weighted by Gasteiger charge is -2.37. The summed E-state index contributed by atoms with van der Waals surface area (Å²) in [4.78, 5) is 32.3. The first-order valence-corrected chi connectivity index (χ1v) is 15.3. The van der Waals surface area contributed by atoms with Gasteiger partial charge >= 0.3 is 0 Å². The third kappa shape index (κ3) is 6.54. The predicted molar refractivity (Wildman–Crippen MR) is 172 cm³/mol.